The van der Waals surface area contributed by atoms with E-state index in [0.29, 0.717) is 11.4 Å². The van der Waals surface area contributed by atoms with Gasteiger partial charge in [-0.15, -0.1) is 0 Å². The Bertz CT molecular complexity index is 685. The van der Waals surface area contributed by atoms with Crippen LogP contribution >= 0.6 is 0 Å². The van der Waals surface area contributed by atoms with E-state index in [0.717, 1.165) is 17.7 Å². The van der Waals surface area contributed by atoms with Gasteiger partial charge < -0.3 is 10.1 Å². The molecule has 2 aromatic carbocycles. The monoisotopic (exact) mass is 288 g/mol. The van der Waals surface area contributed by atoms with Crippen molar-refractivity contribution < 1.29 is 13.5 Å². The molecule has 5 heteroatoms. The molecule has 0 radical (unpaired) electrons. The SMILES string of the molecule is COc1cc(C)ccc1NCc1c(F)cc(C#N)cc1F. The summed E-state index contributed by atoms with van der Waals surface area (Å²) in [5.41, 5.74) is 1.51. The molecule has 0 bridgehead atoms. The molecule has 0 amide bonds. The van der Waals surface area contributed by atoms with Gasteiger partial charge in [-0.25, -0.2) is 8.78 Å². The van der Waals surface area contributed by atoms with Crippen molar-refractivity contribution >= 4 is 5.69 Å². The lowest BCUT2D eigenvalue weighted by Crippen LogP contribution is -2.06. The second-order valence-corrected chi connectivity index (χ2v) is 4.59. The van der Waals surface area contributed by atoms with E-state index >= 15 is 0 Å². The van der Waals surface area contributed by atoms with Crippen LogP contribution in [0.1, 0.15) is 16.7 Å². The largest absolute Gasteiger partial charge is 0.495 e. The maximum atomic E-state index is 13.8. The molecule has 2 aromatic rings. The van der Waals surface area contributed by atoms with Crippen molar-refractivity contribution in [2.45, 2.75) is 13.5 Å². The molecular weight excluding hydrogens is 274 g/mol. The first-order valence-electron chi connectivity index (χ1n) is 6.31. The smallest absolute Gasteiger partial charge is 0.142 e. The fourth-order valence-corrected chi connectivity index (χ4v) is 1.96. The molecule has 0 saturated carbocycles. The Labute approximate surface area is 121 Å². The van der Waals surface area contributed by atoms with Crippen LogP contribution in [0.25, 0.3) is 0 Å². The van der Waals surface area contributed by atoms with Crippen LogP contribution in [-0.4, -0.2) is 7.11 Å². The number of benzene rings is 2. The van der Waals surface area contributed by atoms with E-state index < -0.39 is 11.6 Å². The van der Waals surface area contributed by atoms with E-state index in [2.05, 4.69) is 5.32 Å². The molecule has 0 saturated heterocycles. The van der Waals surface area contributed by atoms with Gasteiger partial charge in [0.2, 0.25) is 0 Å². The molecule has 0 heterocycles. The van der Waals surface area contributed by atoms with Gasteiger partial charge in [0, 0.05) is 12.1 Å². The summed E-state index contributed by atoms with van der Waals surface area (Å²) in [6.07, 6.45) is 0. The molecule has 108 valence electrons. The Kier molecular flexibility index (Phi) is 4.39. The number of ether oxygens (including phenoxy) is 1. The number of nitrogens with one attached hydrogen (secondary N) is 1. The fraction of sp³-hybridized carbons (Fsp3) is 0.188. The second kappa shape index (κ2) is 6.23. The summed E-state index contributed by atoms with van der Waals surface area (Å²) in [7, 11) is 1.53. The van der Waals surface area contributed by atoms with Crippen LogP contribution in [0, 0.1) is 29.9 Å². The van der Waals surface area contributed by atoms with Gasteiger partial charge in [0.05, 0.1) is 24.4 Å². The van der Waals surface area contributed by atoms with Crippen LogP contribution in [0.3, 0.4) is 0 Å². The Morgan fingerprint density at radius 2 is 1.86 bits per heavy atom. The van der Waals surface area contributed by atoms with Crippen LogP contribution in [0.5, 0.6) is 5.75 Å². The molecule has 0 spiro atoms. The topological polar surface area (TPSA) is 45.0 Å². The third-order valence-corrected chi connectivity index (χ3v) is 3.08. The number of nitrogens with zero attached hydrogens (tertiary/aromatic N) is 1. The number of anilines is 1. The zero-order valence-corrected chi connectivity index (χ0v) is 11.7. The maximum absolute atomic E-state index is 13.8. The Morgan fingerprint density at radius 3 is 2.43 bits per heavy atom. The van der Waals surface area contributed by atoms with Crippen molar-refractivity contribution in [1.82, 2.24) is 0 Å². The van der Waals surface area contributed by atoms with Crippen molar-refractivity contribution in [3.8, 4) is 11.8 Å². The van der Waals surface area contributed by atoms with E-state index in [-0.39, 0.29) is 17.7 Å². The van der Waals surface area contributed by atoms with E-state index in [1.165, 1.54) is 7.11 Å². The molecule has 0 aliphatic rings. The quantitative estimate of drug-likeness (QED) is 0.931. The molecule has 1 N–H and O–H groups in total. The summed E-state index contributed by atoms with van der Waals surface area (Å²) in [5, 5.41) is 11.6. The Hall–Kier alpha value is -2.61. The van der Waals surface area contributed by atoms with Crippen LogP contribution in [0.4, 0.5) is 14.5 Å². The molecular formula is C16H14F2N2O. The van der Waals surface area contributed by atoms with Crippen molar-refractivity contribution in [2.75, 3.05) is 12.4 Å². The van der Waals surface area contributed by atoms with Crippen molar-refractivity contribution in [3.05, 3.63) is 58.7 Å². The lowest BCUT2D eigenvalue weighted by molar-refractivity contribution is 0.416. The van der Waals surface area contributed by atoms with E-state index in [4.69, 9.17) is 10.00 Å². The molecule has 0 fully saturated rings. The van der Waals surface area contributed by atoms with E-state index in [1.807, 2.05) is 19.1 Å². The zero-order chi connectivity index (χ0) is 15.4. The zero-order valence-electron chi connectivity index (χ0n) is 11.7. The Balaban J connectivity index is 2.23. The van der Waals surface area contributed by atoms with Gasteiger partial charge in [-0.2, -0.15) is 5.26 Å². The number of aryl methyl sites for hydroxylation is 1. The third-order valence-electron chi connectivity index (χ3n) is 3.08. The summed E-state index contributed by atoms with van der Waals surface area (Å²) in [6, 6.07) is 9.24. The normalized spacial score (nSPS) is 10.0. The minimum absolute atomic E-state index is 0.0389. The van der Waals surface area contributed by atoms with Crippen molar-refractivity contribution in [2.24, 2.45) is 0 Å². The summed E-state index contributed by atoms with van der Waals surface area (Å²) >= 11 is 0. The standard InChI is InChI=1S/C16H14F2N2O/c1-10-3-4-15(16(5-10)21-2)20-9-12-13(17)6-11(8-19)7-14(12)18/h3-7,20H,9H2,1-2H3. The molecule has 0 aliphatic heterocycles. The Morgan fingerprint density at radius 1 is 1.19 bits per heavy atom. The first kappa shape index (κ1) is 14.8. The van der Waals surface area contributed by atoms with Gasteiger partial charge in [0.25, 0.3) is 0 Å². The highest BCUT2D eigenvalue weighted by atomic mass is 19.1. The second-order valence-electron chi connectivity index (χ2n) is 4.59. The van der Waals surface area contributed by atoms with Gasteiger partial charge in [0.15, 0.2) is 0 Å². The van der Waals surface area contributed by atoms with Crippen LogP contribution in [-0.2, 0) is 6.54 Å². The van der Waals surface area contributed by atoms with Crippen LogP contribution < -0.4 is 10.1 Å². The maximum Gasteiger partial charge on any atom is 0.142 e. The summed E-state index contributed by atoms with van der Waals surface area (Å²) < 4.78 is 32.8. The fourth-order valence-electron chi connectivity index (χ4n) is 1.96. The summed E-state index contributed by atoms with van der Waals surface area (Å²) in [6.45, 7) is 1.88. The predicted octanol–water partition coefficient (Wildman–Crippen LogP) is 3.77. The minimum atomic E-state index is -0.745. The molecule has 0 aliphatic carbocycles. The van der Waals surface area contributed by atoms with Gasteiger partial charge in [-0.05, 0) is 36.8 Å². The van der Waals surface area contributed by atoms with Crippen molar-refractivity contribution in [1.29, 1.82) is 5.26 Å². The minimum Gasteiger partial charge on any atom is -0.495 e. The number of hydrogen-bond donors (Lipinski definition) is 1. The molecule has 0 unspecified atom stereocenters. The van der Waals surface area contributed by atoms with Crippen LogP contribution in [0.2, 0.25) is 0 Å². The molecule has 21 heavy (non-hydrogen) atoms. The van der Waals surface area contributed by atoms with E-state index in [1.54, 1.807) is 12.1 Å². The molecule has 0 aromatic heterocycles. The highest BCUT2D eigenvalue weighted by Crippen LogP contribution is 2.26. The number of halogens is 2. The highest BCUT2D eigenvalue weighted by molar-refractivity contribution is 5.58. The van der Waals surface area contributed by atoms with E-state index in [9.17, 15) is 8.78 Å². The summed E-state index contributed by atoms with van der Waals surface area (Å²) in [4.78, 5) is 0. The van der Waals surface area contributed by atoms with Gasteiger partial charge >= 0.3 is 0 Å². The number of rotatable bonds is 4. The van der Waals surface area contributed by atoms with Gasteiger partial charge in [-0.1, -0.05) is 6.07 Å². The van der Waals surface area contributed by atoms with Crippen LogP contribution in [0.15, 0.2) is 30.3 Å². The predicted molar refractivity (Wildman–Crippen MR) is 76.1 cm³/mol. The molecule has 3 nitrogen and oxygen atoms in total. The molecule has 0 atom stereocenters. The highest BCUT2D eigenvalue weighted by Gasteiger charge is 2.12. The number of hydrogen-bond acceptors (Lipinski definition) is 3. The third kappa shape index (κ3) is 3.29. The van der Waals surface area contributed by atoms with Gasteiger partial charge in [0.1, 0.15) is 17.4 Å². The first-order chi connectivity index (χ1) is 10.0. The average Bonchev–Trinajstić information content (AvgIpc) is 2.47. The summed E-state index contributed by atoms with van der Waals surface area (Å²) in [5.74, 6) is -0.889. The van der Waals surface area contributed by atoms with Gasteiger partial charge in [-0.3, -0.25) is 0 Å². The van der Waals surface area contributed by atoms with Crippen molar-refractivity contribution in [3.63, 3.8) is 0 Å². The first-order valence-corrected chi connectivity index (χ1v) is 6.31. The number of methoxy groups -OCH3 is 1. The lowest BCUT2D eigenvalue weighted by Gasteiger charge is -2.13. The average molecular weight is 288 g/mol. The lowest BCUT2D eigenvalue weighted by atomic mass is 10.1. The number of nitriles is 1. The molecule has 2 rings (SSSR count).